The number of rotatable bonds is 4. The quantitative estimate of drug-likeness (QED) is 0.816. The third kappa shape index (κ3) is 2.09. The van der Waals surface area contributed by atoms with Crippen LogP contribution >= 0.6 is 0 Å². The smallest absolute Gasteiger partial charge is 0.330 e. The van der Waals surface area contributed by atoms with Gasteiger partial charge in [0.15, 0.2) is 12.1 Å². The molecule has 1 N–H and O–H groups in total. The van der Waals surface area contributed by atoms with Crippen LogP contribution in [0, 0.1) is 0 Å². The first-order valence-corrected chi connectivity index (χ1v) is 5.78. The maximum Gasteiger partial charge on any atom is 0.330 e. The topological polar surface area (TPSA) is 66.8 Å². The molecular weight excluding hydrogens is 234 g/mol. The number of amides is 1. The summed E-state index contributed by atoms with van der Waals surface area (Å²) in [6, 6.07) is 7.81. The maximum absolute atomic E-state index is 12.0. The number of carboxylic acids is 1. The molecule has 2 atom stereocenters. The van der Waals surface area contributed by atoms with Crippen LogP contribution in [0.2, 0.25) is 0 Å². The Morgan fingerprint density at radius 2 is 1.94 bits per heavy atom. The highest BCUT2D eigenvalue weighted by Crippen LogP contribution is 2.30. The molecular formula is C13H15NO4. The Bertz CT molecular complexity index is 457. The van der Waals surface area contributed by atoms with Crippen LogP contribution in [-0.2, 0) is 14.3 Å². The Morgan fingerprint density at radius 3 is 2.44 bits per heavy atom. The predicted octanol–water partition coefficient (Wildman–Crippen LogP) is 1.28. The van der Waals surface area contributed by atoms with E-state index in [-0.39, 0.29) is 12.0 Å². The summed E-state index contributed by atoms with van der Waals surface area (Å²) >= 11 is 0. The number of anilines is 1. The molecule has 0 bridgehead atoms. The molecule has 1 saturated heterocycles. The SMILES string of the molecule is CC(C)O[C@@H]1C(=O)N(c2ccccc2)[C@H]1C(=O)O. The van der Waals surface area contributed by atoms with Crippen molar-refractivity contribution in [3.63, 3.8) is 0 Å². The molecule has 0 radical (unpaired) electrons. The fraction of sp³-hybridized carbons (Fsp3) is 0.385. The van der Waals surface area contributed by atoms with Gasteiger partial charge in [0, 0.05) is 5.69 Å². The van der Waals surface area contributed by atoms with Gasteiger partial charge in [0.05, 0.1) is 6.10 Å². The molecule has 18 heavy (non-hydrogen) atoms. The number of hydrogen-bond donors (Lipinski definition) is 1. The summed E-state index contributed by atoms with van der Waals surface area (Å²) in [5.74, 6) is -1.36. The Hall–Kier alpha value is -1.88. The van der Waals surface area contributed by atoms with Gasteiger partial charge in [0.1, 0.15) is 0 Å². The lowest BCUT2D eigenvalue weighted by molar-refractivity contribution is -0.160. The van der Waals surface area contributed by atoms with Crippen LogP contribution in [0.4, 0.5) is 5.69 Å². The van der Waals surface area contributed by atoms with Crippen LogP contribution in [-0.4, -0.2) is 35.2 Å². The third-order valence-electron chi connectivity index (χ3n) is 2.75. The minimum absolute atomic E-state index is 0.182. The van der Waals surface area contributed by atoms with E-state index in [1.54, 1.807) is 38.1 Å². The number of aliphatic carboxylic acids is 1. The molecule has 1 aliphatic heterocycles. The summed E-state index contributed by atoms with van der Waals surface area (Å²) in [5, 5.41) is 9.19. The molecule has 5 nitrogen and oxygen atoms in total. The highest BCUT2D eigenvalue weighted by Gasteiger charge is 2.53. The summed E-state index contributed by atoms with van der Waals surface area (Å²) in [5.41, 5.74) is 0.582. The van der Waals surface area contributed by atoms with Crippen molar-refractivity contribution in [2.45, 2.75) is 32.1 Å². The molecule has 5 heteroatoms. The molecule has 1 fully saturated rings. The lowest BCUT2D eigenvalue weighted by Crippen LogP contribution is -2.69. The van der Waals surface area contributed by atoms with Crippen LogP contribution in [0.3, 0.4) is 0 Å². The van der Waals surface area contributed by atoms with Gasteiger partial charge in [-0.2, -0.15) is 0 Å². The first kappa shape index (κ1) is 12.6. The zero-order valence-corrected chi connectivity index (χ0v) is 10.2. The maximum atomic E-state index is 12.0. The van der Waals surface area contributed by atoms with Gasteiger partial charge in [0.2, 0.25) is 0 Å². The van der Waals surface area contributed by atoms with Gasteiger partial charge in [-0.1, -0.05) is 18.2 Å². The van der Waals surface area contributed by atoms with Crippen molar-refractivity contribution in [1.29, 1.82) is 0 Å². The van der Waals surface area contributed by atoms with E-state index >= 15 is 0 Å². The van der Waals surface area contributed by atoms with E-state index in [9.17, 15) is 14.7 Å². The van der Waals surface area contributed by atoms with Crippen LogP contribution < -0.4 is 4.90 Å². The zero-order chi connectivity index (χ0) is 13.3. The number of β-lactam (4-membered cyclic amide) rings is 1. The normalized spacial score (nSPS) is 23.1. The highest BCUT2D eigenvalue weighted by molar-refractivity contribution is 6.12. The van der Waals surface area contributed by atoms with Gasteiger partial charge in [-0.3, -0.25) is 9.69 Å². The summed E-state index contributed by atoms with van der Waals surface area (Å²) in [4.78, 5) is 24.4. The number of carboxylic acid groups (broad SMARTS) is 1. The van der Waals surface area contributed by atoms with Crippen LogP contribution in [0.5, 0.6) is 0 Å². The fourth-order valence-electron chi connectivity index (χ4n) is 2.00. The number of carbonyl (C=O) groups excluding carboxylic acids is 1. The molecule has 1 aromatic carbocycles. The monoisotopic (exact) mass is 249 g/mol. The van der Waals surface area contributed by atoms with Gasteiger partial charge in [-0.05, 0) is 26.0 Å². The van der Waals surface area contributed by atoms with Crippen molar-refractivity contribution in [2.75, 3.05) is 4.90 Å². The minimum Gasteiger partial charge on any atom is -0.480 e. The summed E-state index contributed by atoms with van der Waals surface area (Å²) in [7, 11) is 0. The third-order valence-corrected chi connectivity index (χ3v) is 2.75. The first-order valence-electron chi connectivity index (χ1n) is 5.78. The van der Waals surface area contributed by atoms with E-state index in [0.717, 1.165) is 0 Å². The number of para-hydroxylation sites is 1. The summed E-state index contributed by atoms with van der Waals surface area (Å²) in [6.07, 6.45) is -1.07. The highest BCUT2D eigenvalue weighted by atomic mass is 16.5. The van der Waals surface area contributed by atoms with Crippen molar-refractivity contribution in [1.82, 2.24) is 0 Å². The number of carbonyl (C=O) groups is 2. The molecule has 1 amide bonds. The van der Waals surface area contributed by atoms with Crippen molar-refractivity contribution < 1.29 is 19.4 Å². The van der Waals surface area contributed by atoms with Gasteiger partial charge >= 0.3 is 5.97 Å². The molecule has 1 heterocycles. The Balaban J connectivity index is 2.23. The predicted molar refractivity (Wildman–Crippen MR) is 65.4 cm³/mol. The van der Waals surface area contributed by atoms with Crippen molar-refractivity contribution in [3.05, 3.63) is 30.3 Å². The lowest BCUT2D eigenvalue weighted by atomic mass is 9.96. The van der Waals surface area contributed by atoms with Crippen LogP contribution in [0.1, 0.15) is 13.8 Å². The molecule has 1 aromatic rings. The number of nitrogens with zero attached hydrogens (tertiary/aromatic N) is 1. The minimum atomic E-state index is -1.05. The van der Waals surface area contributed by atoms with Gasteiger partial charge in [-0.15, -0.1) is 0 Å². The van der Waals surface area contributed by atoms with Gasteiger partial charge in [-0.25, -0.2) is 4.79 Å². The molecule has 96 valence electrons. The molecule has 0 aliphatic carbocycles. The first-order chi connectivity index (χ1) is 8.52. The summed E-state index contributed by atoms with van der Waals surface area (Å²) < 4.78 is 5.35. The van der Waals surface area contributed by atoms with Crippen molar-refractivity contribution >= 4 is 17.6 Å². The second kappa shape index (κ2) is 4.78. The fourth-order valence-corrected chi connectivity index (χ4v) is 2.00. The summed E-state index contributed by atoms with van der Waals surface area (Å²) in [6.45, 7) is 3.55. The second-order valence-electron chi connectivity index (χ2n) is 4.43. The van der Waals surface area contributed by atoms with E-state index in [0.29, 0.717) is 5.69 Å². The van der Waals surface area contributed by atoms with Gasteiger partial charge < -0.3 is 9.84 Å². The van der Waals surface area contributed by atoms with E-state index in [1.807, 2.05) is 6.07 Å². The largest absolute Gasteiger partial charge is 0.480 e. The second-order valence-corrected chi connectivity index (χ2v) is 4.43. The van der Waals surface area contributed by atoms with E-state index in [1.165, 1.54) is 4.90 Å². The molecule has 0 aromatic heterocycles. The standard InChI is InChI=1S/C13H15NO4/c1-8(2)18-11-10(13(16)17)14(12(11)15)9-6-4-3-5-7-9/h3-8,10-11H,1-2H3,(H,16,17)/t10-,11+/m1/s1. The number of hydrogen-bond acceptors (Lipinski definition) is 3. The van der Waals surface area contributed by atoms with E-state index in [4.69, 9.17) is 4.74 Å². The Morgan fingerprint density at radius 1 is 1.33 bits per heavy atom. The van der Waals surface area contributed by atoms with Crippen molar-refractivity contribution in [2.24, 2.45) is 0 Å². The van der Waals surface area contributed by atoms with Crippen LogP contribution in [0.15, 0.2) is 30.3 Å². The van der Waals surface area contributed by atoms with E-state index in [2.05, 4.69) is 0 Å². The molecule has 0 saturated carbocycles. The average molecular weight is 249 g/mol. The molecule has 0 spiro atoms. The Labute approximate surface area is 105 Å². The Kier molecular flexibility index (Phi) is 3.34. The molecule has 1 aliphatic rings. The van der Waals surface area contributed by atoms with Crippen molar-refractivity contribution in [3.8, 4) is 0 Å². The van der Waals surface area contributed by atoms with E-state index < -0.39 is 18.1 Å². The average Bonchev–Trinajstić information content (AvgIpc) is 2.33. The van der Waals surface area contributed by atoms with Crippen LogP contribution in [0.25, 0.3) is 0 Å². The van der Waals surface area contributed by atoms with Gasteiger partial charge in [0.25, 0.3) is 5.91 Å². The molecule has 2 rings (SSSR count). The molecule has 0 unspecified atom stereocenters. The number of ether oxygens (including phenoxy) is 1. The number of benzene rings is 1. The lowest BCUT2D eigenvalue weighted by Gasteiger charge is -2.44. The zero-order valence-electron chi connectivity index (χ0n) is 10.2.